The van der Waals surface area contributed by atoms with Crippen LogP contribution in [0, 0.1) is 0 Å². The smallest absolute Gasteiger partial charge is 0.380 e. The number of rotatable bonds is 3. The van der Waals surface area contributed by atoms with Crippen LogP contribution in [0.2, 0.25) is 0 Å². The summed E-state index contributed by atoms with van der Waals surface area (Å²) in [5.74, 6) is 0. The first kappa shape index (κ1) is 15.3. The van der Waals surface area contributed by atoms with Crippen LogP contribution in [0.1, 0.15) is 43.9 Å². The van der Waals surface area contributed by atoms with Crippen LogP contribution in [0.5, 0.6) is 0 Å². The van der Waals surface area contributed by atoms with Crippen LogP contribution in [0.15, 0.2) is 24.3 Å². The van der Waals surface area contributed by atoms with Crippen molar-refractivity contribution in [2.45, 2.75) is 44.4 Å². The summed E-state index contributed by atoms with van der Waals surface area (Å²) in [6.45, 7) is 5.47. The summed E-state index contributed by atoms with van der Waals surface area (Å²) >= 11 is 0. The minimum absolute atomic E-state index is 0.0102. The van der Waals surface area contributed by atoms with Gasteiger partial charge in [0.1, 0.15) is 0 Å². The van der Waals surface area contributed by atoms with Crippen molar-refractivity contribution in [3.63, 3.8) is 0 Å². The molecule has 1 fully saturated rings. The van der Waals surface area contributed by atoms with Crippen molar-refractivity contribution in [2.24, 2.45) is 0 Å². The Labute approximate surface area is 117 Å². The summed E-state index contributed by atoms with van der Waals surface area (Å²) in [4.78, 5) is 0. The molecular formula is C15H20F3NO. The van der Waals surface area contributed by atoms with Gasteiger partial charge in [0.2, 0.25) is 0 Å². The first-order valence-electron chi connectivity index (χ1n) is 6.83. The van der Waals surface area contributed by atoms with Gasteiger partial charge in [0, 0.05) is 18.2 Å². The van der Waals surface area contributed by atoms with Gasteiger partial charge in [-0.3, -0.25) is 0 Å². The van der Waals surface area contributed by atoms with E-state index in [0.29, 0.717) is 6.61 Å². The third-order valence-corrected chi connectivity index (χ3v) is 3.74. The maximum absolute atomic E-state index is 12.5. The van der Waals surface area contributed by atoms with Gasteiger partial charge < -0.3 is 10.1 Å². The molecule has 20 heavy (non-hydrogen) atoms. The molecule has 2 unspecified atom stereocenters. The molecule has 2 rings (SSSR count). The zero-order valence-corrected chi connectivity index (χ0v) is 11.8. The van der Waals surface area contributed by atoms with Gasteiger partial charge in [-0.15, -0.1) is 0 Å². The fourth-order valence-electron chi connectivity index (χ4n) is 2.61. The van der Waals surface area contributed by atoms with Crippen LogP contribution in [-0.4, -0.2) is 18.8 Å². The molecule has 112 valence electrons. The predicted octanol–water partition coefficient (Wildman–Crippen LogP) is 3.93. The summed E-state index contributed by atoms with van der Waals surface area (Å²) < 4.78 is 43.0. The summed E-state index contributed by atoms with van der Waals surface area (Å²) in [5.41, 5.74) is 0.130. The highest BCUT2D eigenvalue weighted by Crippen LogP contribution is 2.30. The third-order valence-electron chi connectivity index (χ3n) is 3.74. The van der Waals surface area contributed by atoms with E-state index in [-0.39, 0.29) is 11.6 Å². The molecule has 1 aliphatic heterocycles. The van der Waals surface area contributed by atoms with Crippen molar-refractivity contribution >= 4 is 0 Å². The van der Waals surface area contributed by atoms with E-state index in [1.165, 1.54) is 12.1 Å². The second-order valence-electron chi connectivity index (χ2n) is 5.70. The van der Waals surface area contributed by atoms with Gasteiger partial charge in [0.25, 0.3) is 0 Å². The Hall–Kier alpha value is -1.07. The Bertz CT molecular complexity index is 435. The Morgan fingerprint density at radius 3 is 2.40 bits per heavy atom. The predicted molar refractivity (Wildman–Crippen MR) is 71.5 cm³/mol. The standard InChI is InChI=1S/C15H20F3NO/c1-11(19-14(2)8-3-9-20-10-14)12-4-6-13(7-5-12)15(16,17)18/h4-7,11,19H,3,8-10H2,1-2H3. The number of benzene rings is 1. The van der Waals surface area contributed by atoms with Gasteiger partial charge in [-0.05, 0) is 44.4 Å². The maximum atomic E-state index is 12.5. The largest absolute Gasteiger partial charge is 0.416 e. The van der Waals surface area contributed by atoms with Crippen molar-refractivity contribution in [2.75, 3.05) is 13.2 Å². The lowest BCUT2D eigenvalue weighted by molar-refractivity contribution is -0.137. The second kappa shape index (κ2) is 5.74. The van der Waals surface area contributed by atoms with Gasteiger partial charge in [-0.1, -0.05) is 12.1 Å². The monoisotopic (exact) mass is 287 g/mol. The topological polar surface area (TPSA) is 21.3 Å². The van der Waals surface area contributed by atoms with Crippen LogP contribution >= 0.6 is 0 Å². The number of halogens is 3. The van der Waals surface area contributed by atoms with E-state index in [9.17, 15) is 13.2 Å². The third kappa shape index (κ3) is 3.73. The van der Waals surface area contributed by atoms with E-state index < -0.39 is 11.7 Å². The molecule has 0 amide bonds. The molecule has 2 nitrogen and oxygen atoms in total. The van der Waals surface area contributed by atoms with E-state index in [2.05, 4.69) is 12.2 Å². The highest BCUT2D eigenvalue weighted by Gasteiger charge is 2.31. The molecule has 0 bridgehead atoms. The van der Waals surface area contributed by atoms with Crippen LogP contribution in [0.25, 0.3) is 0 Å². The van der Waals surface area contributed by atoms with Crippen LogP contribution < -0.4 is 5.32 Å². The van der Waals surface area contributed by atoms with Crippen LogP contribution in [0.3, 0.4) is 0 Å². The first-order valence-corrected chi connectivity index (χ1v) is 6.83. The molecule has 1 aromatic carbocycles. The van der Waals surface area contributed by atoms with Crippen molar-refractivity contribution in [1.29, 1.82) is 0 Å². The van der Waals surface area contributed by atoms with Crippen molar-refractivity contribution in [3.8, 4) is 0 Å². The summed E-state index contributed by atoms with van der Waals surface area (Å²) in [5, 5.41) is 3.46. The molecular weight excluding hydrogens is 267 g/mol. The molecule has 1 aliphatic rings. The van der Waals surface area contributed by atoms with E-state index in [1.54, 1.807) is 0 Å². The quantitative estimate of drug-likeness (QED) is 0.909. The van der Waals surface area contributed by atoms with Gasteiger partial charge in [-0.25, -0.2) is 0 Å². The molecule has 1 N–H and O–H groups in total. The first-order chi connectivity index (χ1) is 9.30. The lowest BCUT2D eigenvalue weighted by atomic mass is 9.92. The Morgan fingerprint density at radius 2 is 1.90 bits per heavy atom. The lowest BCUT2D eigenvalue weighted by Crippen LogP contribution is -2.49. The van der Waals surface area contributed by atoms with E-state index in [1.807, 2.05) is 6.92 Å². The number of nitrogens with one attached hydrogen (secondary N) is 1. The van der Waals surface area contributed by atoms with Gasteiger partial charge in [0.15, 0.2) is 0 Å². The molecule has 0 spiro atoms. The minimum Gasteiger partial charge on any atom is -0.380 e. The molecule has 2 atom stereocenters. The molecule has 1 aromatic rings. The summed E-state index contributed by atoms with van der Waals surface area (Å²) in [7, 11) is 0. The van der Waals surface area contributed by atoms with Crippen molar-refractivity contribution in [3.05, 3.63) is 35.4 Å². The zero-order valence-electron chi connectivity index (χ0n) is 11.8. The number of hydrogen-bond donors (Lipinski definition) is 1. The van der Waals surface area contributed by atoms with E-state index in [4.69, 9.17) is 4.74 Å². The molecule has 0 aromatic heterocycles. The fourth-order valence-corrected chi connectivity index (χ4v) is 2.61. The molecule has 0 radical (unpaired) electrons. The molecule has 1 saturated heterocycles. The van der Waals surface area contributed by atoms with Gasteiger partial charge in [0.05, 0.1) is 12.2 Å². The number of ether oxygens (including phenoxy) is 1. The molecule has 5 heteroatoms. The minimum atomic E-state index is -4.28. The van der Waals surface area contributed by atoms with Gasteiger partial charge in [-0.2, -0.15) is 13.2 Å². The SMILES string of the molecule is CC(NC1(C)CCCOC1)c1ccc(C(F)(F)F)cc1. The highest BCUT2D eigenvalue weighted by atomic mass is 19.4. The molecule has 0 saturated carbocycles. The number of alkyl halides is 3. The molecule has 1 heterocycles. The average Bonchev–Trinajstić information content (AvgIpc) is 2.38. The zero-order chi connectivity index (χ0) is 14.8. The summed E-state index contributed by atoms with van der Waals surface area (Å²) in [6.07, 6.45) is -2.26. The average molecular weight is 287 g/mol. The van der Waals surface area contributed by atoms with Crippen LogP contribution in [0.4, 0.5) is 13.2 Å². The normalized spacial score (nSPS) is 25.4. The second-order valence-corrected chi connectivity index (χ2v) is 5.70. The van der Waals surface area contributed by atoms with E-state index >= 15 is 0 Å². The van der Waals surface area contributed by atoms with Gasteiger partial charge >= 0.3 is 6.18 Å². The summed E-state index contributed by atoms with van der Waals surface area (Å²) in [6, 6.07) is 5.32. The Kier molecular flexibility index (Phi) is 4.39. The lowest BCUT2D eigenvalue weighted by Gasteiger charge is -2.37. The highest BCUT2D eigenvalue weighted by molar-refractivity contribution is 5.26. The fraction of sp³-hybridized carbons (Fsp3) is 0.600. The van der Waals surface area contributed by atoms with Crippen LogP contribution in [-0.2, 0) is 10.9 Å². The number of hydrogen-bond acceptors (Lipinski definition) is 2. The Morgan fingerprint density at radius 1 is 1.25 bits per heavy atom. The van der Waals surface area contributed by atoms with Crippen molar-refractivity contribution < 1.29 is 17.9 Å². The van der Waals surface area contributed by atoms with Crippen molar-refractivity contribution in [1.82, 2.24) is 5.32 Å². The Balaban J connectivity index is 2.04. The molecule has 0 aliphatic carbocycles. The van der Waals surface area contributed by atoms with E-state index in [0.717, 1.165) is 37.1 Å². The maximum Gasteiger partial charge on any atom is 0.416 e.